The van der Waals surface area contributed by atoms with Crippen LogP contribution in [0.3, 0.4) is 0 Å². The fourth-order valence-electron chi connectivity index (χ4n) is 2.37. The van der Waals surface area contributed by atoms with Crippen molar-refractivity contribution in [3.05, 3.63) is 23.8 Å². The SMILES string of the molecule is CCCC[C@@H]1CS(=O)(=O)c2cc(O)ccc2CN1O. The van der Waals surface area contributed by atoms with E-state index in [-0.39, 0.29) is 29.0 Å². The molecule has 0 radical (unpaired) electrons. The van der Waals surface area contributed by atoms with Gasteiger partial charge in [0.2, 0.25) is 0 Å². The van der Waals surface area contributed by atoms with Gasteiger partial charge in [0.25, 0.3) is 0 Å². The smallest absolute Gasteiger partial charge is 0.180 e. The van der Waals surface area contributed by atoms with Crippen molar-refractivity contribution < 1.29 is 18.7 Å². The maximum Gasteiger partial charge on any atom is 0.180 e. The third-order valence-corrected chi connectivity index (χ3v) is 5.32. The predicted molar refractivity (Wildman–Crippen MR) is 70.8 cm³/mol. The number of benzene rings is 1. The molecule has 0 aromatic heterocycles. The van der Waals surface area contributed by atoms with Crippen LogP contribution >= 0.6 is 0 Å². The van der Waals surface area contributed by atoms with E-state index in [1.54, 1.807) is 6.07 Å². The van der Waals surface area contributed by atoms with Crippen LogP contribution in [0, 0.1) is 0 Å². The highest BCUT2D eigenvalue weighted by Gasteiger charge is 2.31. The van der Waals surface area contributed by atoms with Gasteiger partial charge < -0.3 is 10.3 Å². The van der Waals surface area contributed by atoms with Crippen LogP contribution < -0.4 is 0 Å². The lowest BCUT2D eigenvalue weighted by molar-refractivity contribution is -0.130. The third-order valence-electron chi connectivity index (χ3n) is 3.44. The van der Waals surface area contributed by atoms with Crippen LogP contribution in [0.1, 0.15) is 31.7 Å². The van der Waals surface area contributed by atoms with E-state index in [9.17, 15) is 18.7 Å². The van der Waals surface area contributed by atoms with Gasteiger partial charge in [-0.15, -0.1) is 0 Å². The molecule has 0 bridgehead atoms. The van der Waals surface area contributed by atoms with E-state index in [0.29, 0.717) is 12.0 Å². The molecular formula is C13H19NO4S. The van der Waals surface area contributed by atoms with Gasteiger partial charge in [-0.25, -0.2) is 8.42 Å². The zero-order valence-corrected chi connectivity index (χ0v) is 11.7. The van der Waals surface area contributed by atoms with Crippen molar-refractivity contribution in [3.63, 3.8) is 0 Å². The van der Waals surface area contributed by atoms with Crippen molar-refractivity contribution in [2.75, 3.05) is 5.75 Å². The lowest BCUT2D eigenvalue weighted by Gasteiger charge is -2.22. The van der Waals surface area contributed by atoms with Crippen LogP contribution in [-0.4, -0.2) is 35.6 Å². The molecule has 0 spiro atoms. The first-order chi connectivity index (χ1) is 8.94. The lowest BCUT2D eigenvalue weighted by atomic mass is 10.1. The summed E-state index contributed by atoms with van der Waals surface area (Å²) in [6.45, 7) is 2.20. The highest BCUT2D eigenvalue weighted by atomic mass is 32.2. The monoisotopic (exact) mass is 285 g/mol. The number of sulfone groups is 1. The molecule has 1 aliphatic rings. The van der Waals surface area contributed by atoms with Crippen molar-refractivity contribution in [1.82, 2.24) is 5.06 Å². The Labute approximate surface area is 113 Å². The first-order valence-electron chi connectivity index (χ1n) is 6.44. The minimum absolute atomic E-state index is 0.0705. The van der Waals surface area contributed by atoms with E-state index in [1.807, 2.05) is 6.92 Å². The third kappa shape index (κ3) is 3.08. The maximum atomic E-state index is 12.3. The standard InChI is InChI=1S/C13H19NO4S/c1-2-3-4-11-9-19(17,18)13-7-12(15)6-5-10(13)8-14(11)16/h5-7,11,15-16H,2-4,8-9H2,1H3/t11-/m1/s1. The van der Waals surface area contributed by atoms with Crippen LogP contribution in [0.25, 0.3) is 0 Å². The molecule has 19 heavy (non-hydrogen) atoms. The summed E-state index contributed by atoms with van der Waals surface area (Å²) in [7, 11) is -3.48. The number of phenols is 1. The number of nitrogens with zero attached hydrogens (tertiary/aromatic N) is 1. The zero-order valence-electron chi connectivity index (χ0n) is 10.9. The Kier molecular flexibility index (Phi) is 4.13. The second-order valence-electron chi connectivity index (χ2n) is 4.97. The molecule has 0 aliphatic carbocycles. The summed E-state index contributed by atoms with van der Waals surface area (Å²) in [5.41, 5.74) is 0.527. The number of rotatable bonds is 3. The van der Waals surface area contributed by atoms with E-state index in [0.717, 1.165) is 17.9 Å². The number of hydrogen-bond donors (Lipinski definition) is 2. The highest BCUT2D eigenvalue weighted by molar-refractivity contribution is 7.91. The molecule has 106 valence electrons. The van der Waals surface area contributed by atoms with Crippen LogP contribution in [0.15, 0.2) is 23.1 Å². The van der Waals surface area contributed by atoms with Crippen molar-refractivity contribution in [1.29, 1.82) is 0 Å². The number of hydrogen-bond acceptors (Lipinski definition) is 5. The van der Waals surface area contributed by atoms with Gasteiger partial charge >= 0.3 is 0 Å². The van der Waals surface area contributed by atoms with Gasteiger partial charge in [-0.3, -0.25) is 0 Å². The van der Waals surface area contributed by atoms with Crippen LogP contribution in [0.2, 0.25) is 0 Å². The fourth-order valence-corrected chi connectivity index (χ4v) is 4.23. The van der Waals surface area contributed by atoms with Gasteiger partial charge in [-0.2, -0.15) is 5.06 Å². The van der Waals surface area contributed by atoms with Gasteiger partial charge in [0, 0.05) is 6.04 Å². The number of hydroxylamine groups is 2. The molecule has 5 nitrogen and oxygen atoms in total. The molecule has 2 rings (SSSR count). The summed E-state index contributed by atoms with van der Waals surface area (Å²) in [6.07, 6.45) is 2.48. The average molecular weight is 285 g/mol. The Bertz CT molecular complexity index is 556. The molecule has 6 heteroatoms. The van der Waals surface area contributed by atoms with Gasteiger partial charge in [-0.1, -0.05) is 25.8 Å². The van der Waals surface area contributed by atoms with E-state index in [1.165, 1.54) is 12.1 Å². The number of aromatic hydroxyl groups is 1. The van der Waals surface area contributed by atoms with Crippen LogP contribution in [0.5, 0.6) is 5.75 Å². The number of phenolic OH excluding ortho intramolecular Hbond substituents is 1. The van der Waals surface area contributed by atoms with Crippen molar-refractivity contribution >= 4 is 9.84 Å². The van der Waals surface area contributed by atoms with Crippen molar-refractivity contribution in [2.24, 2.45) is 0 Å². The first kappa shape index (κ1) is 14.3. The molecule has 0 fully saturated rings. The lowest BCUT2D eigenvalue weighted by Crippen LogP contribution is -2.35. The van der Waals surface area contributed by atoms with E-state index in [2.05, 4.69) is 0 Å². The minimum Gasteiger partial charge on any atom is -0.508 e. The molecular weight excluding hydrogens is 266 g/mol. The summed E-state index contributed by atoms with van der Waals surface area (Å²) >= 11 is 0. The number of fused-ring (bicyclic) bond motifs is 1. The Morgan fingerprint density at radius 3 is 2.84 bits per heavy atom. The molecule has 2 N–H and O–H groups in total. The fraction of sp³-hybridized carbons (Fsp3) is 0.538. The topological polar surface area (TPSA) is 77.8 Å². The molecule has 0 unspecified atom stereocenters. The largest absolute Gasteiger partial charge is 0.508 e. The predicted octanol–water partition coefficient (Wildman–Crippen LogP) is 1.93. The molecule has 0 saturated carbocycles. The van der Waals surface area contributed by atoms with Crippen molar-refractivity contribution in [3.8, 4) is 5.75 Å². The molecule has 1 aromatic carbocycles. The second-order valence-corrected chi connectivity index (χ2v) is 6.97. The molecule has 1 aliphatic heterocycles. The van der Waals surface area contributed by atoms with E-state index in [4.69, 9.17) is 0 Å². The van der Waals surface area contributed by atoms with E-state index >= 15 is 0 Å². The Morgan fingerprint density at radius 1 is 1.42 bits per heavy atom. The quantitative estimate of drug-likeness (QED) is 0.887. The highest BCUT2D eigenvalue weighted by Crippen LogP contribution is 2.29. The van der Waals surface area contributed by atoms with E-state index < -0.39 is 9.84 Å². The van der Waals surface area contributed by atoms with Gasteiger partial charge in [0.1, 0.15) is 5.75 Å². The summed E-state index contributed by atoms with van der Waals surface area (Å²) < 4.78 is 24.6. The normalized spacial score (nSPS) is 22.7. The van der Waals surface area contributed by atoms with Crippen LogP contribution in [0.4, 0.5) is 0 Å². The summed E-state index contributed by atoms with van der Waals surface area (Å²) in [5.74, 6) is -0.182. The van der Waals surface area contributed by atoms with Crippen LogP contribution in [-0.2, 0) is 16.4 Å². The van der Waals surface area contributed by atoms with Gasteiger partial charge in [0.05, 0.1) is 17.2 Å². The van der Waals surface area contributed by atoms with Gasteiger partial charge in [-0.05, 0) is 24.1 Å². The zero-order chi connectivity index (χ0) is 14.0. The average Bonchev–Trinajstić information content (AvgIpc) is 2.44. The Morgan fingerprint density at radius 2 is 2.16 bits per heavy atom. The summed E-state index contributed by atoms with van der Waals surface area (Å²) in [6, 6.07) is 3.86. The maximum absolute atomic E-state index is 12.3. The second kappa shape index (κ2) is 5.48. The molecule has 1 heterocycles. The summed E-state index contributed by atoms with van der Waals surface area (Å²) in [4.78, 5) is 0.130. The van der Waals surface area contributed by atoms with Crippen molar-refractivity contribution in [2.45, 2.75) is 43.7 Å². The Hall–Kier alpha value is -1.11. The molecule has 1 aromatic rings. The summed E-state index contributed by atoms with van der Waals surface area (Å²) in [5, 5.41) is 20.6. The Balaban J connectivity index is 2.37. The molecule has 0 saturated heterocycles. The number of unbranched alkanes of at least 4 members (excludes halogenated alkanes) is 1. The molecule has 0 amide bonds. The minimum atomic E-state index is -3.48. The first-order valence-corrected chi connectivity index (χ1v) is 8.09. The van der Waals surface area contributed by atoms with Gasteiger partial charge in [0.15, 0.2) is 9.84 Å². The molecule has 1 atom stereocenters.